The van der Waals surface area contributed by atoms with Gasteiger partial charge < -0.3 is 9.88 Å². The Bertz CT molecular complexity index is 1470. The van der Waals surface area contributed by atoms with E-state index in [0.717, 1.165) is 50.0 Å². The SMILES string of the molecule is Cc1c(CN2CC3(CCN(c4ncnn5cc(CC(F)(F)F)cc45)C3)C2)ccc2[nH]c(C#N)cc12. The molecule has 0 saturated carbocycles. The second kappa shape index (κ2) is 7.71. The molecular formula is C25H24F3N7. The van der Waals surface area contributed by atoms with Crippen molar-refractivity contribution >= 4 is 22.2 Å². The fourth-order valence-electron chi connectivity index (χ4n) is 5.80. The Morgan fingerprint density at radius 2 is 2.03 bits per heavy atom. The summed E-state index contributed by atoms with van der Waals surface area (Å²) in [5.74, 6) is 0.700. The van der Waals surface area contributed by atoms with E-state index in [1.807, 2.05) is 12.1 Å². The van der Waals surface area contributed by atoms with Crippen LogP contribution in [0.15, 0.2) is 36.8 Å². The second-order valence-corrected chi connectivity index (χ2v) is 9.98. The largest absolute Gasteiger partial charge is 0.393 e. The number of aromatic amines is 1. The average Bonchev–Trinajstić information content (AvgIpc) is 3.50. The van der Waals surface area contributed by atoms with Crippen LogP contribution in [0, 0.1) is 23.7 Å². The van der Waals surface area contributed by atoms with E-state index < -0.39 is 12.6 Å². The van der Waals surface area contributed by atoms with Crippen LogP contribution in [0.3, 0.4) is 0 Å². The molecule has 2 saturated heterocycles. The van der Waals surface area contributed by atoms with Crippen LogP contribution in [0.4, 0.5) is 19.0 Å². The van der Waals surface area contributed by atoms with Crippen molar-refractivity contribution in [3.05, 3.63) is 59.2 Å². The molecule has 1 N–H and O–H groups in total. The summed E-state index contributed by atoms with van der Waals surface area (Å²) in [6, 6.07) is 9.80. The first-order valence-electron chi connectivity index (χ1n) is 11.6. The summed E-state index contributed by atoms with van der Waals surface area (Å²) in [7, 11) is 0. The number of aromatic nitrogens is 4. The van der Waals surface area contributed by atoms with Gasteiger partial charge in [0.1, 0.15) is 23.6 Å². The van der Waals surface area contributed by atoms with Crippen LogP contribution in [-0.4, -0.2) is 56.8 Å². The molecule has 4 aromatic rings. The number of H-pyrrole nitrogens is 1. The zero-order valence-corrected chi connectivity index (χ0v) is 19.2. The first-order chi connectivity index (χ1) is 16.7. The van der Waals surface area contributed by atoms with Gasteiger partial charge in [-0.1, -0.05) is 6.07 Å². The molecular weight excluding hydrogens is 455 g/mol. The van der Waals surface area contributed by atoms with Crippen molar-refractivity contribution in [3.8, 4) is 6.07 Å². The first kappa shape index (κ1) is 21.9. The quantitative estimate of drug-likeness (QED) is 0.475. The van der Waals surface area contributed by atoms with Crippen molar-refractivity contribution in [1.29, 1.82) is 5.26 Å². The number of hydrogen-bond acceptors (Lipinski definition) is 5. The molecule has 0 bridgehead atoms. The number of fused-ring (bicyclic) bond motifs is 2. The first-order valence-corrected chi connectivity index (χ1v) is 11.6. The standard InChI is InChI=1S/C25H24F3N7/c1-16-18(2-3-21-20(16)7-19(9-29)32-21)11-33-12-24(13-33)4-5-34(14-24)23-22-6-17(8-25(26,27)28)10-35(22)31-15-30-23/h2-3,6-7,10,15,32H,4-5,8,11-14H2,1H3. The number of halogens is 3. The van der Waals surface area contributed by atoms with E-state index >= 15 is 0 Å². The van der Waals surface area contributed by atoms with Gasteiger partial charge in [-0.15, -0.1) is 0 Å². The summed E-state index contributed by atoms with van der Waals surface area (Å²) >= 11 is 0. The normalized spacial score (nSPS) is 18.0. The molecule has 2 aliphatic heterocycles. The van der Waals surface area contributed by atoms with Crippen LogP contribution in [-0.2, 0) is 13.0 Å². The predicted molar refractivity (Wildman–Crippen MR) is 125 cm³/mol. The second-order valence-electron chi connectivity index (χ2n) is 9.98. The summed E-state index contributed by atoms with van der Waals surface area (Å²) in [5, 5.41) is 14.4. The Hall–Kier alpha value is -3.58. The Kier molecular flexibility index (Phi) is 4.83. The van der Waals surface area contributed by atoms with Gasteiger partial charge in [0.15, 0.2) is 5.82 Å². The van der Waals surface area contributed by atoms with Crippen molar-refractivity contribution in [3.63, 3.8) is 0 Å². The molecule has 180 valence electrons. The van der Waals surface area contributed by atoms with Crippen LogP contribution >= 0.6 is 0 Å². The van der Waals surface area contributed by atoms with Crippen molar-refractivity contribution < 1.29 is 13.2 Å². The van der Waals surface area contributed by atoms with Crippen molar-refractivity contribution in [2.75, 3.05) is 31.1 Å². The zero-order valence-electron chi connectivity index (χ0n) is 19.2. The number of rotatable bonds is 4. The van der Waals surface area contributed by atoms with Gasteiger partial charge in [0.05, 0.1) is 6.42 Å². The third-order valence-electron chi connectivity index (χ3n) is 7.40. The molecule has 6 rings (SSSR count). The zero-order chi connectivity index (χ0) is 24.4. The summed E-state index contributed by atoms with van der Waals surface area (Å²) < 4.78 is 40.1. The number of alkyl halides is 3. The van der Waals surface area contributed by atoms with Gasteiger partial charge in [0.25, 0.3) is 0 Å². The van der Waals surface area contributed by atoms with Crippen molar-refractivity contribution in [2.24, 2.45) is 5.41 Å². The van der Waals surface area contributed by atoms with Crippen LogP contribution in [0.1, 0.15) is 28.8 Å². The molecule has 1 spiro atoms. The predicted octanol–water partition coefficient (Wildman–Crippen LogP) is 4.21. The minimum absolute atomic E-state index is 0.170. The molecule has 0 unspecified atom stereocenters. The molecule has 0 aliphatic carbocycles. The molecule has 5 heterocycles. The number of nitrogens with zero attached hydrogens (tertiary/aromatic N) is 6. The fourth-order valence-corrected chi connectivity index (χ4v) is 5.80. The smallest absolute Gasteiger partial charge is 0.354 e. The van der Waals surface area contributed by atoms with Gasteiger partial charge >= 0.3 is 6.18 Å². The molecule has 7 nitrogen and oxygen atoms in total. The van der Waals surface area contributed by atoms with E-state index in [1.54, 1.807) is 6.07 Å². The van der Waals surface area contributed by atoms with Crippen molar-refractivity contribution in [1.82, 2.24) is 24.5 Å². The number of likely N-dealkylation sites (tertiary alicyclic amines) is 1. The number of anilines is 1. The third-order valence-corrected chi connectivity index (χ3v) is 7.40. The lowest BCUT2D eigenvalue weighted by Crippen LogP contribution is -2.57. The summed E-state index contributed by atoms with van der Waals surface area (Å²) in [4.78, 5) is 12.2. The minimum Gasteiger partial charge on any atom is -0.354 e. The highest BCUT2D eigenvalue weighted by Gasteiger charge is 2.48. The van der Waals surface area contributed by atoms with E-state index in [-0.39, 0.29) is 11.0 Å². The number of aryl methyl sites for hydroxylation is 1. The lowest BCUT2D eigenvalue weighted by molar-refractivity contribution is -0.127. The number of nitrogens with one attached hydrogen (secondary N) is 1. The van der Waals surface area contributed by atoms with E-state index in [0.29, 0.717) is 17.0 Å². The number of nitriles is 1. The van der Waals surface area contributed by atoms with Gasteiger partial charge in [-0.3, -0.25) is 4.90 Å². The summed E-state index contributed by atoms with van der Waals surface area (Å²) in [5.41, 5.74) is 4.99. The number of hydrogen-bond donors (Lipinski definition) is 1. The molecule has 35 heavy (non-hydrogen) atoms. The highest BCUT2D eigenvalue weighted by atomic mass is 19.4. The molecule has 2 fully saturated rings. The number of benzene rings is 1. The minimum atomic E-state index is -4.26. The van der Waals surface area contributed by atoms with E-state index in [9.17, 15) is 13.2 Å². The van der Waals surface area contributed by atoms with Gasteiger partial charge in [-0.2, -0.15) is 23.5 Å². The monoisotopic (exact) mass is 479 g/mol. The molecule has 3 aromatic heterocycles. The van der Waals surface area contributed by atoms with E-state index in [2.05, 4.69) is 43.9 Å². The van der Waals surface area contributed by atoms with Crippen molar-refractivity contribution in [2.45, 2.75) is 32.5 Å². The lowest BCUT2D eigenvalue weighted by Gasteiger charge is -2.48. The molecule has 0 atom stereocenters. The van der Waals surface area contributed by atoms with Gasteiger partial charge in [-0.05, 0) is 48.2 Å². The molecule has 1 aromatic carbocycles. The van der Waals surface area contributed by atoms with Crippen LogP contribution in [0.25, 0.3) is 16.4 Å². The molecule has 0 amide bonds. The van der Waals surface area contributed by atoms with Crippen LogP contribution in [0.2, 0.25) is 0 Å². The Morgan fingerprint density at radius 1 is 1.20 bits per heavy atom. The highest BCUT2D eigenvalue weighted by molar-refractivity contribution is 5.85. The Labute approximate surface area is 199 Å². The topological polar surface area (TPSA) is 76.2 Å². The molecule has 10 heteroatoms. The Balaban J connectivity index is 1.15. The summed E-state index contributed by atoms with van der Waals surface area (Å²) in [6.45, 7) is 6.56. The maximum Gasteiger partial charge on any atom is 0.393 e. The van der Waals surface area contributed by atoms with Gasteiger partial charge in [0.2, 0.25) is 0 Å². The van der Waals surface area contributed by atoms with Crippen LogP contribution in [0.5, 0.6) is 0 Å². The lowest BCUT2D eigenvalue weighted by atomic mass is 9.78. The summed E-state index contributed by atoms with van der Waals surface area (Å²) in [6.07, 6.45) is -1.35. The maximum absolute atomic E-state index is 12.9. The molecule has 0 radical (unpaired) electrons. The molecule has 2 aliphatic rings. The average molecular weight is 480 g/mol. The fraction of sp³-hybridized carbons (Fsp3) is 0.400. The Morgan fingerprint density at radius 3 is 2.80 bits per heavy atom. The highest BCUT2D eigenvalue weighted by Crippen LogP contribution is 2.42. The third kappa shape index (κ3) is 3.90. The van der Waals surface area contributed by atoms with E-state index in [4.69, 9.17) is 5.26 Å². The van der Waals surface area contributed by atoms with Crippen LogP contribution < -0.4 is 4.90 Å². The van der Waals surface area contributed by atoms with E-state index in [1.165, 1.54) is 28.2 Å². The maximum atomic E-state index is 12.9. The van der Waals surface area contributed by atoms with Gasteiger partial charge in [-0.25, -0.2) is 9.50 Å². The van der Waals surface area contributed by atoms with Gasteiger partial charge in [0, 0.05) is 55.2 Å².